The summed E-state index contributed by atoms with van der Waals surface area (Å²) in [5.74, 6) is 0. The quantitative estimate of drug-likeness (QED) is 0.208. The van der Waals surface area contributed by atoms with Crippen molar-refractivity contribution in [2.45, 2.75) is 17.6 Å². The van der Waals surface area contributed by atoms with Crippen LogP contribution in [0.15, 0.2) is 24.4 Å². The molecule has 0 aromatic carbocycles. The van der Waals surface area contributed by atoms with E-state index in [9.17, 15) is 26.3 Å². The van der Waals surface area contributed by atoms with E-state index in [1.165, 1.54) is 5.69 Å². The zero-order chi connectivity index (χ0) is 26.8. The predicted molar refractivity (Wildman–Crippen MR) is 106 cm³/mol. The van der Waals surface area contributed by atoms with Crippen LogP contribution in [0.5, 0.6) is 0 Å². The van der Waals surface area contributed by atoms with Crippen molar-refractivity contribution in [2.75, 3.05) is 53.4 Å². The summed E-state index contributed by atoms with van der Waals surface area (Å²) < 4.78 is 118. The Kier molecular flexibility index (Phi) is 15.7. The van der Waals surface area contributed by atoms with Gasteiger partial charge in [-0.2, -0.15) is 26.3 Å². The van der Waals surface area contributed by atoms with Crippen molar-refractivity contribution in [2.24, 2.45) is 0 Å². The van der Waals surface area contributed by atoms with Gasteiger partial charge in [-0.3, -0.25) is 9.88 Å². The Bertz CT molecular complexity index is 880. The first-order valence-corrected chi connectivity index (χ1v) is 12.1. The second kappa shape index (κ2) is 15.3. The van der Waals surface area contributed by atoms with Gasteiger partial charge in [-0.1, -0.05) is 6.07 Å². The van der Waals surface area contributed by atoms with Gasteiger partial charge in [0.25, 0.3) is 0 Å². The first-order valence-electron chi connectivity index (χ1n) is 9.27. The van der Waals surface area contributed by atoms with E-state index in [1.54, 1.807) is 0 Å². The van der Waals surface area contributed by atoms with Crippen molar-refractivity contribution in [3.05, 3.63) is 30.1 Å². The first-order chi connectivity index (χ1) is 15.2. The summed E-state index contributed by atoms with van der Waals surface area (Å²) >= 11 is 0. The maximum absolute atomic E-state index is 10.7. The summed E-state index contributed by atoms with van der Waals surface area (Å²) in [6, 6.07) is 6.15. The minimum Gasteiger partial charge on any atom is -0.741 e. The number of nitrogens with zero attached hydrogens (tertiary/aromatic N) is 4. The normalized spacial score (nSPS) is 17.3. The molecule has 0 N–H and O–H groups in total. The third-order valence-electron chi connectivity index (χ3n) is 4.14. The van der Waals surface area contributed by atoms with Crippen LogP contribution in [0.2, 0.25) is 0 Å². The van der Waals surface area contributed by atoms with Gasteiger partial charge in [0.05, 0.1) is 5.69 Å². The maximum atomic E-state index is 10.7. The molecule has 1 aromatic rings. The molecule has 0 bridgehead atoms. The third kappa shape index (κ3) is 16.3. The summed E-state index contributed by atoms with van der Waals surface area (Å²) in [5, 5.41) is 0. The monoisotopic (exact) mass is 602 g/mol. The van der Waals surface area contributed by atoms with Gasteiger partial charge in [0.2, 0.25) is 0 Å². The molecule has 1 aliphatic heterocycles. The summed E-state index contributed by atoms with van der Waals surface area (Å²) in [5.41, 5.74) is -10.1. The summed E-state index contributed by atoms with van der Waals surface area (Å²) in [4.78, 5) is 11.7. The standard InChI is InChI=1S/C14H24N4.2CHF3O3S.Fe/c1-16-7-8-17(2)10-12-18(11-9-16)13-14-5-3-4-6-15-14;2*2-1(3,4)8(5,6)7;/h3-6H,7-13H2,1-2H3;2*(H,5,6,7);/q;;;+5/p-2. The SMILES string of the molecule is CN1CCN(C)CCN(Cc2ccccn2)CC1.O=S(=O)([O-])C(F)(F)F.O=S(=O)([O-])C(F)(F)F.[Fe+5]. The van der Waals surface area contributed by atoms with Gasteiger partial charge >= 0.3 is 28.1 Å². The van der Waals surface area contributed by atoms with E-state index in [0.29, 0.717) is 0 Å². The number of halogens is 6. The van der Waals surface area contributed by atoms with Crippen LogP contribution in [-0.4, -0.2) is 110 Å². The van der Waals surface area contributed by atoms with Crippen molar-refractivity contribution < 1.29 is 69.4 Å². The number of aromatic nitrogens is 1. The topological polar surface area (TPSA) is 137 Å². The van der Waals surface area contributed by atoms with Crippen molar-refractivity contribution in [3.8, 4) is 0 Å². The van der Waals surface area contributed by atoms with Crippen LogP contribution in [-0.2, 0) is 43.8 Å². The molecule has 1 fully saturated rings. The number of rotatable bonds is 2. The van der Waals surface area contributed by atoms with Gasteiger partial charge in [-0.05, 0) is 26.2 Å². The molecule has 10 nitrogen and oxygen atoms in total. The zero-order valence-electron chi connectivity index (χ0n) is 18.4. The molecule has 0 atom stereocenters. The number of hydrogen-bond donors (Lipinski definition) is 0. The Morgan fingerprint density at radius 2 is 1.14 bits per heavy atom. The van der Waals surface area contributed by atoms with Gasteiger partial charge in [-0.25, -0.2) is 16.8 Å². The predicted octanol–water partition coefficient (Wildman–Crippen LogP) is 0.861. The molecule has 203 valence electrons. The van der Waals surface area contributed by atoms with Crippen molar-refractivity contribution in [1.29, 1.82) is 0 Å². The molecule has 1 aromatic heterocycles. The Hall–Kier alpha value is -1.05. The molecule has 35 heavy (non-hydrogen) atoms. The van der Waals surface area contributed by atoms with Crippen LogP contribution in [0.3, 0.4) is 0 Å². The van der Waals surface area contributed by atoms with E-state index >= 15 is 0 Å². The second-order valence-electron chi connectivity index (χ2n) is 7.00. The fraction of sp³-hybridized carbons (Fsp3) is 0.688. The average molecular weight is 602 g/mol. The summed E-state index contributed by atoms with van der Waals surface area (Å²) in [7, 11) is -7.77. The van der Waals surface area contributed by atoms with Crippen LogP contribution in [0.25, 0.3) is 0 Å². The van der Waals surface area contributed by atoms with Gasteiger partial charge in [0.15, 0.2) is 20.2 Å². The molecular weight excluding hydrogens is 578 g/mol. The van der Waals surface area contributed by atoms with Crippen LogP contribution in [0, 0.1) is 0 Å². The van der Waals surface area contributed by atoms with Gasteiger partial charge in [0.1, 0.15) is 0 Å². The molecule has 2 heterocycles. The molecular formula is C16H24F6FeN4O6S2+3. The van der Waals surface area contributed by atoms with Crippen LogP contribution < -0.4 is 0 Å². The smallest absolute Gasteiger partial charge is 0.741 e. The Labute approximate surface area is 210 Å². The molecule has 0 saturated carbocycles. The van der Waals surface area contributed by atoms with E-state index in [-0.39, 0.29) is 17.1 Å². The fourth-order valence-electron chi connectivity index (χ4n) is 2.18. The van der Waals surface area contributed by atoms with E-state index in [1.807, 2.05) is 12.3 Å². The van der Waals surface area contributed by atoms with E-state index in [0.717, 1.165) is 45.8 Å². The van der Waals surface area contributed by atoms with E-state index in [4.69, 9.17) is 25.9 Å². The Morgan fingerprint density at radius 1 is 0.800 bits per heavy atom. The molecule has 1 aliphatic rings. The molecule has 0 spiro atoms. The van der Waals surface area contributed by atoms with Crippen molar-refractivity contribution >= 4 is 20.2 Å². The van der Waals surface area contributed by atoms with Crippen molar-refractivity contribution in [3.63, 3.8) is 0 Å². The summed E-state index contributed by atoms with van der Waals surface area (Å²) in [6.45, 7) is 7.81. The number of likely N-dealkylation sites (N-methyl/N-ethyl adjacent to an activating group) is 2. The number of hydrogen-bond acceptors (Lipinski definition) is 10. The van der Waals surface area contributed by atoms with Crippen LogP contribution in [0.1, 0.15) is 5.69 Å². The maximum Gasteiger partial charge on any atom is 5.00 e. The van der Waals surface area contributed by atoms with E-state index in [2.05, 4.69) is 45.9 Å². The fourth-order valence-corrected chi connectivity index (χ4v) is 2.18. The number of pyridine rings is 1. The largest absolute Gasteiger partial charge is 5.00 e. The second-order valence-corrected chi connectivity index (χ2v) is 9.75. The molecule has 1 saturated heterocycles. The van der Waals surface area contributed by atoms with E-state index < -0.39 is 31.3 Å². The molecule has 0 aliphatic carbocycles. The average Bonchev–Trinajstić information content (AvgIpc) is 2.73. The number of alkyl halides is 6. The van der Waals surface area contributed by atoms with Gasteiger partial charge in [0, 0.05) is 52.0 Å². The first kappa shape index (κ1) is 36.1. The molecule has 0 unspecified atom stereocenters. The zero-order valence-corrected chi connectivity index (χ0v) is 21.2. The summed E-state index contributed by atoms with van der Waals surface area (Å²) in [6.07, 6.45) is 1.88. The Balaban J connectivity index is 0. The molecule has 1 radical (unpaired) electrons. The Morgan fingerprint density at radius 3 is 1.43 bits per heavy atom. The van der Waals surface area contributed by atoms with Gasteiger partial charge < -0.3 is 18.9 Å². The minimum absolute atomic E-state index is 0. The van der Waals surface area contributed by atoms with Crippen molar-refractivity contribution in [1.82, 2.24) is 19.7 Å². The van der Waals surface area contributed by atoms with Gasteiger partial charge in [-0.15, -0.1) is 0 Å². The molecule has 2 rings (SSSR count). The molecule has 19 heteroatoms. The minimum atomic E-state index is -6.09. The third-order valence-corrected chi connectivity index (χ3v) is 5.27. The molecule has 0 amide bonds. The van der Waals surface area contributed by atoms with Crippen LogP contribution >= 0.6 is 0 Å². The van der Waals surface area contributed by atoms with Crippen LogP contribution in [0.4, 0.5) is 26.3 Å².